The number of nitrogens with two attached hydrogens (primary N) is 1. The Balaban J connectivity index is 1.95. The minimum Gasteiger partial charge on any atom is -0.347 e. The maximum atomic E-state index is 5.83. The lowest BCUT2D eigenvalue weighted by atomic mass is 10.1. The first kappa shape index (κ1) is 11.2. The largest absolute Gasteiger partial charge is 0.347 e. The highest BCUT2D eigenvalue weighted by Crippen LogP contribution is 2.23. The molecule has 0 radical (unpaired) electrons. The van der Waals surface area contributed by atoms with Crippen LogP contribution in [0.15, 0.2) is 18.6 Å². The molecule has 0 fully saturated rings. The van der Waals surface area contributed by atoms with Crippen LogP contribution in [-0.2, 0) is 19.6 Å². The summed E-state index contributed by atoms with van der Waals surface area (Å²) in [5, 5.41) is 8.06. The Morgan fingerprint density at radius 1 is 1.39 bits per heavy atom. The van der Waals surface area contributed by atoms with Crippen LogP contribution in [0.1, 0.15) is 17.0 Å². The number of aromatic nitrogens is 4. The molecule has 2 N–H and O–H groups in total. The van der Waals surface area contributed by atoms with Crippen molar-refractivity contribution in [3.8, 4) is 0 Å². The van der Waals surface area contributed by atoms with E-state index in [-0.39, 0.29) is 0 Å². The van der Waals surface area contributed by atoms with E-state index in [2.05, 4.69) is 31.6 Å². The second-order valence-electron chi connectivity index (χ2n) is 4.50. The fourth-order valence-corrected chi connectivity index (χ4v) is 2.35. The quantitative estimate of drug-likeness (QED) is 0.831. The monoisotopic (exact) mass is 244 g/mol. The maximum Gasteiger partial charge on any atom is 0.152 e. The first-order valence-electron chi connectivity index (χ1n) is 6.06. The molecule has 6 heteroatoms. The van der Waals surface area contributed by atoms with Crippen molar-refractivity contribution in [1.82, 2.24) is 19.7 Å². The number of rotatable bonds is 2. The smallest absolute Gasteiger partial charge is 0.152 e. The van der Waals surface area contributed by atoms with Crippen LogP contribution in [0.4, 0.5) is 5.82 Å². The Hall–Kier alpha value is -1.95. The highest BCUT2D eigenvalue weighted by molar-refractivity contribution is 5.50. The Labute approximate surface area is 105 Å². The normalized spacial score (nSPS) is 14.7. The highest BCUT2D eigenvalue weighted by Gasteiger charge is 2.20. The predicted molar refractivity (Wildman–Crippen MR) is 67.9 cm³/mol. The molecule has 0 atom stereocenters. The van der Waals surface area contributed by atoms with Crippen LogP contribution < -0.4 is 10.6 Å². The second kappa shape index (κ2) is 4.38. The third-order valence-electron chi connectivity index (χ3n) is 3.41. The molecule has 18 heavy (non-hydrogen) atoms. The molecule has 0 aromatic carbocycles. The van der Waals surface area contributed by atoms with Gasteiger partial charge in [-0.3, -0.25) is 0 Å². The van der Waals surface area contributed by atoms with Gasteiger partial charge in [0, 0.05) is 31.4 Å². The van der Waals surface area contributed by atoms with Gasteiger partial charge in [0.25, 0.3) is 0 Å². The van der Waals surface area contributed by atoms with Crippen molar-refractivity contribution >= 4 is 5.82 Å². The van der Waals surface area contributed by atoms with Gasteiger partial charge in [0.15, 0.2) is 5.82 Å². The minimum atomic E-state index is 0.512. The summed E-state index contributed by atoms with van der Waals surface area (Å²) >= 11 is 0. The standard InChI is InChI=1S/C12H16N6/c1-9-2-3-14-12(10(9)6-13)17-4-5-18-8-15-16-11(18)7-17/h2-3,8H,4-7,13H2,1H3. The molecule has 2 aromatic rings. The Kier molecular flexibility index (Phi) is 2.71. The molecule has 1 aliphatic rings. The second-order valence-corrected chi connectivity index (χ2v) is 4.50. The Morgan fingerprint density at radius 2 is 2.28 bits per heavy atom. The molecule has 2 aromatic heterocycles. The highest BCUT2D eigenvalue weighted by atomic mass is 15.3. The zero-order valence-corrected chi connectivity index (χ0v) is 10.4. The van der Waals surface area contributed by atoms with Gasteiger partial charge in [0.1, 0.15) is 12.1 Å². The average molecular weight is 244 g/mol. The summed E-state index contributed by atoms with van der Waals surface area (Å²) in [6.45, 7) is 5.12. The molecule has 0 saturated carbocycles. The van der Waals surface area contributed by atoms with Crippen LogP contribution in [0, 0.1) is 6.92 Å². The summed E-state index contributed by atoms with van der Waals surface area (Å²) in [4.78, 5) is 6.70. The fourth-order valence-electron chi connectivity index (χ4n) is 2.35. The first-order chi connectivity index (χ1) is 8.79. The SMILES string of the molecule is Cc1ccnc(N2CCn3cnnc3C2)c1CN. The van der Waals surface area contributed by atoms with E-state index < -0.39 is 0 Å². The van der Waals surface area contributed by atoms with Crippen LogP contribution in [0.25, 0.3) is 0 Å². The van der Waals surface area contributed by atoms with Crippen LogP contribution in [0.2, 0.25) is 0 Å². The molecule has 0 unspecified atom stereocenters. The van der Waals surface area contributed by atoms with E-state index in [1.165, 1.54) is 5.56 Å². The van der Waals surface area contributed by atoms with Gasteiger partial charge in [-0.05, 0) is 18.6 Å². The van der Waals surface area contributed by atoms with E-state index >= 15 is 0 Å². The van der Waals surface area contributed by atoms with Crippen LogP contribution >= 0.6 is 0 Å². The number of hydrogen-bond acceptors (Lipinski definition) is 5. The summed E-state index contributed by atoms with van der Waals surface area (Å²) < 4.78 is 2.08. The van der Waals surface area contributed by atoms with Gasteiger partial charge in [-0.15, -0.1) is 10.2 Å². The molecular formula is C12H16N6. The van der Waals surface area contributed by atoms with Crippen molar-refractivity contribution in [2.24, 2.45) is 5.73 Å². The number of fused-ring (bicyclic) bond motifs is 1. The average Bonchev–Trinajstić information content (AvgIpc) is 2.85. The van der Waals surface area contributed by atoms with E-state index in [4.69, 9.17) is 5.73 Å². The molecule has 0 bridgehead atoms. The number of nitrogens with zero attached hydrogens (tertiary/aromatic N) is 5. The van der Waals surface area contributed by atoms with Gasteiger partial charge in [-0.25, -0.2) is 4.98 Å². The van der Waals surface area contributed by atoms with E-state index in [1.54, 1.807) is 6.33 Å². The maximum absolute atomic E-state index is 5.83. The van der Waals surface area contributed by atoms with Gasteiger partial charge in [0.2, 0.25) is 0 Å². The lowest BCUT2D eigenvalue weighted by Gasteiger charge is -2.29. The fraction of sp³-hybridized carbons (Fsp3) is 0.417. The van der Waals surface area contributed by atoms with E-state index in [1.807, 2.05) is 12.3 Å². The third-order valence-corrected chi connectivity index (χ3v) is 3.41. The molecule has 0 amide bonds. The molecule has 0 aliphatic carbocycles. The van der Waals surface area contributed by atoms with Gasteiger partial charge in [-0.1, -0.05) is 0 Å². The summed E-state index contributed by atoms with van der Waals surface area (Å²) in [6.07, 6.45) is 3.61. The summed E-state index contributed by atoms with van der Waals surface area (Å²) in [7, 11) is 0. The summed E-state index contributed by atoms with van der Waals surface area (Å²) in [5.74, 6) is 1.96. The molecule has 1 aliphatic heterocycles. The minimum absolute atomic E-state index is 0.512. The predicted octanol–water partition coefficient (Wildman–Crippen LogP) is 0.460. The molecule has 6 nitrogen and oxygen atoms in total. The van der Waals surface area contributed by atoms with Crippen LogP contribution in [0.5, 0.6) is 0 Å². The molecule has 94 valence electrons. The van der Waals surface area contributed by atoms with Crippen molar-refractivity contribution in [2.75, 3.05) is 11.4 Å². The van der Waals surface area contributed by atoms with Crippen molar-refractivity contribution in [3.63, 3.8) is 0 Å². The van der Waals surface area contributed by atoms with Gasteiger partial charge in [0.05, 0.1) is 6.54 Å². The van der Waals surface area contributed by atoms with Gasteiger partial charge < -0.3 is 15.2 Å². The topological polar surface area (TPSA) is 72.9 Å². The number of aryl methyl sites for hydroxylation is 1. The van der Waals surface area contributed by atoms with Gasteiger partial charge >= 0.3 is 0 Å². The van der Waals surface area contributed by atoms with Crippen molar-refractivity contribution in [3.05, 3.63) is 35.5 Å². The summed E-state index contributed by atoms with van der Waals surface area (Å²) in [5.41, 5.74) is 8.14. The molecule has 3 rings (SSSR count). The lowest BCUT2D eigenvalue weighted by Crippen LogP contribution is -2.35. The first-order valence-corrected chi connectivity index (χ1v) is 6.06. The number of pyridine rings is 1. The van der Waals surface area contributed by atoms with Crippen molar-refractivity contribution < 1.29 is 0 Å². The van der Waals surface area contributed by atoms with E-state index in [0.29, 0.717) is 6.54 Å². The van der Waals surface area contributed by atoms with E-state index in [0.717, 1.165) is 36.8 Å². The molecule has 3 heterocycles. The zero-order chi connectivity index (χ0) is 12.5. The van der Waals surface area contributed by atoms with E-state index in [9.17, 15) is 0 Å². The Bertz CT molecular complexity index is 561. The van der Waals surface area contributed by atoms with Crippen molar-refractivity contribution in [1.29, 1.82) is 0 Å². The number of anilines is 1. The molecule has 0 saturated heterocycles. The zero-order valence-electron chi connectivity index (χ0n) is 10.4. The third kappa shape index (κ3) is 1.74. The Morgan fingerprint density at radius 3 is 3.11 bits per heavy atom. The van der Waals surface area contributed by atoms with Crippen LogP contribution in [0.3, 0.4) is 0 Å². The lowest BCUT2D eigenvalue weighted by molar-refractivity contribution is 0.554. The van der Waals surface area contributed by atoms with Crippen LogP contribution in [-0.4, -0.2) is 26.3 Å². The molecule has 0 spiro atoms. The van der Waals surface area contributed by atoms with Crippen molar-refractivity contribution in [2.45, 2.75) is 26.6 Å². The number of hydrogen-bond donors (Lipinski definition) is 1. The van der Waals surface area contributed by atoms with Gasteiger partial charge in [-0.2, -0.15) is 0 Å². The molecular weight excluding hydrogens is 228 g/mol. The summed E-state index contributed by atoms with van der Waals surface area (Å²) in [6, 6.07) is 2.00.